The maximum Gasteiger partial charge on any atom is 0.254 e. The summed E-state index contributed by atoms with van der Waals surface area (Å²) in [5, 5.41) is 0. The van der Waals surface area contributed by atoms with Gasteiger partial charge in [-0.2, -0.15) is 0 Å². The molecule has 5 heteroatoms. The van der Waals surface area contributed by atoms with Crippen molar-refractivity contribution in [3.05, 3.63) is 95.4 Å². The summed E-state index contributed by atoms with van der Waals surface area (Å²) >= 11 is 0. The van der Waals surface area contributed by atoms with Gasteiger partial charge >= 0.3 is 0 Å². The SMILES string of the molecule is Cc1ccc(CN(Cc2ccccc2)C(=O)CN(CC(C)C)C(=O)c2ccccc2)o1. The molecule has 2 aromatic carbocycles. The molecular weight excluding hydrogens is 388 g/mol. The Bertz CT molecular complexity index is 980. The molecule has 0 N–H and O–H groups in total. The lowest BCUT2D eigenvalue weighted by atomic mass is 10.1. The number of nitrogens with zero attached hydrogens (tertiary/aromatic N) is 2. The van der Waals surface area contributed by atoms with E-state index in [0.717, 1.165) is 17.1 Å². The van der Waals surface area contributed by atoms with Gasteiger partial charge in [-0.1, -0.05) is 62.4 Å². The average molecular weight is 419 g/mol. The highest BCUT2D eigenvalue weighted by atomic mass is 16.3. The number of carbonyl (C=O) groups excluding carboxylic acids is 2. The van der Waals surface area contributed by atoms with Gasteiger partial charge in [0.2, 0.25) is 5.91 Å². The molecule has 5 nitrogen and oxygen atoms in total. The molecule has 162 valence electrons. The lowest BCUT2D eigenvalue weighted by Gasteiger charge is -2.28. The average Bonchev–Trinajstić information content (AvgIpc) is 3.18. The number of rotatable bonds is 9. The summed E-state index contributed by atoms with van der Waals surface area (Å²) in [7, 11) is 0. The monoisotopic (exact) mass is 418 g/mol. The predicted molar refractivity (Wildman–Crippen MR) is 121 cm³/mol. The maximum atomic E-state index is 13.4. The minimum Gasteiger partial charge on any atom is -0.464 e. The third kappa shape index (κ3) is 6.57. The van der Waals surface area contributed by atoms with Crippen LogP contribution in [0.2, 0.25) is 0 Å². The van der Waals surface area contributed by atoms with Crippen molar-refractivity contribution in [1.29, 1.82) is 0 Å². The first-order valence-corrected chi connectivity index (χ1v) is 10.6. The molecule has 0 spiro atoms. The molecule has 0 unspecified atom stereocenters. The molecule has 0 fully saturated rings. The summed E-state index contributed by atoms with van der Waals surface area (Å²) in [6.07, 6.45) is 0. The third-order valence-corrected chi connectivity index (χ3v) is 4.93. The molecule has 0 radical (unpaired) electrons. The number of furan rings is 1. The second-order valence-corrected chi connectivity index (χ2v) is 8.19. The number of hydrogen-bond acceptors (Lipinski definition) is 3. The normalized spacial score (nSPS) is 10.8. The molecule has 0 atom stereocenters. The van der Waals surface area contributed by atoms with E-state index in [4.69, 9.17) is 4.42 Å². The van der Waals surface area contributed by atoms with E-state index in [0.29, 0.717) is 25.2 Å². The maximum absolute atomic E-state index is 13.4. The lowest BCUT2D eigenvalue weighted by molar-refractivity contribution is -0.133. The van der Waals surface area contributed by atoms with Crippen molar-refractivity contribution >= 4 is 11.8 Å². The molecule has 0 saturated heterocycles. The number of aryl methyl sites for hydroxylation is 1. The number of carbonyl (C=O) groups is 2. The van der Waals surface area contributed by atoms with Crippen molar-refractivity contribution in [3.8, 4) is 0 Å². The molecule has 1 heterocycles. The van der Waals surface area contributed by atoms with Crippen molar-refractivity contribution in [1.82, 2.24) is 9.80 Å². The standard InChI is InChI=1S/C26H30N2O3/c1-20(2)16-28(26(30)23-12-8-5-9-13-23)19-25(29)27(17-22-10-6-4-7-11-22)18-24-15-14-21(3)31-24/h4-15,20H,16-19H2,1-3H3. The van der Waals surface area contributed by atoms with Crippen LogP contribution in [0.15, 0.2) is 77.2 Å². The van der Waals surface area contributed by atoms with Crippen LogP contribution in [0.5, 0.6) is 0 Å². The van der Waals surface area contributed by atoms with Crippen molar-refractivity contribution < 1.29 is 14.0 Å². The van der Waals surface area contributed by atoms with E-state index in [-0.39, 0.29) is 24.3 Å². The zero-order valence-electron chi connectivity index (χ0n) is 18.5. The zero-order valence-corrected chi connectivity index (χ0v) is 18.5. The second kappa shape index (κ2) is 10.6. The van der Waals surface area contributed by atoms with E-state index in [1.807, 2.05) is 81.4 Å². The molecule has 31 heavy (non-hydrogen) atoms. The summed E-state index contributed by atoms with van der Waals surface area (Å²) in [5.74, 6) is 1.55. The van der Waals surface area contributed by atoms with E-state index < -0.39 is 0 Å². The van der Waals surface area contributed by atoms with E-state index in [9.17, 15) is 9.59 Å². The van der Waals surface area contributed by atoms with E-state index in [1.165, 1.54) is 0 Å². The Hall–Kier alpha value is -3.34. The zero-order chi connectivity index (χ0) is 22.2. The Labute approximate surface area is 184 Å². The largest absolute Gasteiger partial charge is 0.464 e. The fraction of sp³-hybridized carbons (Fsp3) is 0.308. The minimum atomic E-state index is -0.129. The third-order valence-electron chi connectivity index (χ3n) is 4.93. The van der Waals surface area contributed by atoms with E-state index >= 15 is 0 Å². The molecule has 0 aliphatic carbocycles. The Morgan fingerprint density at radius 3 is 2.06 bits per heavy atom. The summed E-state index contributed by atoms with van der Waals surface area (Å²) < 4.78 is 5.71. The summed E-state index contributed by atoms with van der Waals surface area (Å²) in [6.45, 7) is 7.32. The van der Waals surface area contributed by atoms with Crippen LogP contribution in [0, 0.1) is 12.8 Å². The first kappa shape index (κ1) is 22.3. The molecular formula is C26H30N2O3. The first-order valence-electron chi connectivity index (χ1n) is 10.6. The van der Waals surface area contributed by atoms with Gasteiger partial charge in [0.25, 0.3) is 5.91 Å². The van der Waals surface area contributed by atoms with Gasteiger partial charge in [0.05, 0.1) is 6.54 Å². The quantitative estimate of drug-likeness (QED) is 0.496. The van der Waals surface area contributed by atoms with Gasteiger partial charge < -0.3 is 14.2 Å². The molecule has 3 aromatic rings. The van der Waals surface area contributed by atoms with Crippen molar-refractivity contribution in [2.45, 2.75) is 33.9 Å². The van der Waals surface area contributed by atoms with Crippen LogP contribution >= 0.6 is 0 Å². The molecule has 0 aliphatic rings. The fourth-order valence-corrected chi connectivity index (χ4v) is 3.48. The summed E-state index contributed by atoms with van der Waals surface area (Å²) in [4.78, 5) is 29.9. The highest BCUT2D eigenvalue weighted by Gasteiger charge is 2.24. The highest BCUT2D eigenvalue weighted by Crippen LogP contribution is 2.15. The van der Waals surface area contributed by atoms with Crippen LogP contribution in [0.3, 0.4) is 0 Å². The fourth-order valence-electron chi connectivity index (χ4n) is 3.48. The van der Waals surface area contributed by atoms with Gasteiger partial charge in [0.15, 0.2) is 0 Å². The Morgan fingerprint density at radius 1 is 0.839 bits per heavy atom. The smallest absolute Gasteiger partial charge is 0.254 e. The molecule has 0 saturated carbocycles. The van der Waals surface area contributed by atoms with Gasteiger partial charge in [-0.3, -0.25) is 9.59 Å². The van der Waals surface area contributed by atoms with Gasteiger partial charge in [0.1, 0.15) is 18.1 Å². The Morgan fingerprint density at radius 2 is 1.48 bits per heavy atom. The predicted octanol–water partition coefficient (Wildman–Crippen LogP) is 4.92. The highest BCUT2D eigenvalue weighted by molar-refractivity contribution is 5.96. The van der Waals surface area contributed by atoms with E-state index in [1.54, 1.807) is 21.9 Å². The molecule has 2 amide bonds. The van der Waals surface area contributed by atoms with Gasteiger partial charge in [-0.25, -0.2) is 0 Å². The number of benzene rings is 2. The van der Waals surface area contributed by atoms with Gasteiger partial charge in [-0.05, 0) is 42.7 Å². The topological polar surface area (TPSA) is 53.8 Å². The number of amides is 2. The molecule has 0 bridgehead atoms. The molecule has 1 aromatic heterocycles. The van der Waals surface area contributed by atoms with Crippen molar-refractivity contribution in [2.75, 3.05) is 13.1 Å². The van der Waals surface area contributed by atoms with Crippen LogP contribution < -0.4 is 0 Å². The lowest BCUT2D eigenvalue weighted by Crippen LogP contribution is -2.43. The Kier molecular flexibility index (Phi) is 7.65. The van der Waals surface area contributed by atoms with E-state index in [2.05, 4.69) is 0 Å². The Balaban J connectivity index is 1.80. The molecule has 3 rings (SSSR count). The summed E-state index contributed by atoms with van der Waals surface area (Å²) in [5.41, 5.74) is 1.62. The van der Waals surface area contributed by atoms with Crippen LogP contribution in [0.4, 0.5) is 0 Å². The van der Waals surface area contributed by atoms with Crippen LogP contribution in [-0.2, 0) is 17.9 Å². The molecule has 0 aliphatic heterocycles. The number of hydrogen-bond donors (Lipinski definition) is 0. The first-order chi connectivity index (χ1) is 14.9. The van der Waals surface area contributed by atoms with Gasteiger partial charge in [-0.15, -0.1) is 0 Å². The van der Waals surface area contributed by atoms with Crippen LogP contribution in [-0.4, -0.2) is 34.7 Å². The van der Waals surface area contributed by atoms with Crippen LogP contribution in [0.1, 0.15) is 41.3 Å². The van der Waals surface area contributed by atoms with Crippen molar-refractivity contribution in [2.24, 2.45) is 5.92 Å². The van der Waals surface area contributed by atoms with Crippen molar-refractivity contribution in [3.63, 3.8) is 0 Å². The second-order valence-electron chi connectivity index (χ2n) is 8.19. The minimum absolute atomic E-state index is 0.0262. The summed E-state index contributed by atoms with van der Waals surface area (Å²) in [6, 6.07) is 22.8. The van der Waals surface area contributed by atoms with Gasteiger partial charge in [0, 0.05) is 18.7 Å². The van der Waals surface area contributed by atoms with Crippen LogP contribution in [0.25, 0.3) is 0 Å².